The van der Waals surface area contributed by atoms with E-state index in [-0.39, 0.29) is 17.1 Å². The Morgan fingerprint density at radius 3 is 2.81 bits per heavy atom. The summed E-state index contributed by atoms with van der Waals surface area (Å²) >= 11 is 0. The van der Waals surface area contributed by atoms with Gasteiger partial charge in [0.25, 0.3) is 11.6 Å². The lowest BCUT2D eigenvalue weighted by atomic mass is 10.2. The fraction of sp³-hybridized carbons (Fsp3) is 0.231. The van der Waals surface area contributed by atoms with Gasteiger partial charge in [0.2, 0.25) is 0 Å². The average molecular weight is 290 g/mol. The maximum Gasteiger partial charge on any atom is 0.271 e. The molecular formula is C13H14N4O4. The van der Waals surface area contributed by atoms with Gasteiger partial charge in [-0.3, -0.25) is 19.6 Å². The number of carbonyl (C=O) groups excluding carboxylic acids is 1. The smallest absolute Gasteiger partial charge is 0.271 e. The Balaban J connectivity index is 2.29. The summed E-state index contributed by atoms with van der Waals surface area (Å²) in [4.78, 5) is 22.3. The molecule has 0 saturated carbocycles. The second-order valence-electron chi connectivity index (χ2n) is 4.37. The van der Waals surface area contributed by atoms with E-state index in [1.165, 1.54) is 6.20 Å². The minimum absolute atomic E-state index is 0.0159. The number of phenols is 1. The molecule has 0 saturated heterocycles. The first-order valence-corrected chi connectivity index (χ1v) is 6.25. The van der Waals surface area contributed by atoms with Gasteiger partial charge in [0.1, 0.15) is 5.75 Å². The molecule has 1 aromatic carbocycles. The Morgan fingerprint density at radius 2 is 2.24 bits per heavy atom. The molecule has 21 heavy (non-hydrogen) atoms. The van der Waals surface area contributed by atoms with Crippen LogP contribution in [0, 0.1) is 17.0 Å². The number of carbonyl (C=O) groups is 1. The summed E-state index contributed by atoms with van der Waals surface area (Å²) in [6, 6.07) is 3.42. The maximum absolute atomic E-state index is 12.2. The van der Waals surface area contributed by atoms with E-state index < -0.39 is 10.8 Å². The van der Waals surface area contributed by atoms with Crippen LogP contribution in [0.2, 0.25) is 0 Å². The van der Waals surface area contributed by atoms with Crippen LogP contribution in [0.1, 0.15) is 23.0 Å². The lowest BCUT2D eigenvalue weighted by molar-refractivity contribution is -0.384. The summed E-state index contributed by atoms with van der Waals surface area (Å²) < 4.78 is 1.65. The van der Waals surface area contributed by atoms with Crippen LogP contribution in [-0.4, -0.2) is 25.7 Å². The third-order valence-electron chi connectivity index (χ3n) is 3.09. The number of amides is 1. The van der Waals surface area contributed by atoms with Gasteiger partial charge in [0, 0.05) is 24.4 Å². The Kier molecular flexibility index (Phi) is 3.88. The second-order valence-corrected chi connectivity index (χ2v) is 4.37. The molecule has 0 fully saturated rings. The highest BCUT2D eigenvalue weighted by atomic mass is 16.6. The summed E-state index contributed by atoms with van der Waals surface area (Å²) in [7, 11) is 0. The fourth-order valence-electron chi connectivity index (χ4n) is 1.92. The number of nitro groups is 1. The molecule has 0 aliphatic carbocycles. The number of non-ortho nitro benzene ring substituents is 1. The van der Waals surface area contributed by atoms with Gasteiger partial charge in [-0.05, 0) is 19.9 Å². The predicted molar refractivity (Wildman–Crippen MR) is 75.4 cm³/mol. The van der Waals surface area contributed by atoms with Gasteiger partial charge >= 0.3 is 0 Å². The SMILES string of the molecule is CCn1ncc(C(=O)Nc2cc([N+](=O)[O-])ccc2O)c1C. The lowest BCUT2D eigenvalue weighted by Gasteiger charge is -2.07. The number of phenolic OH excluding ortho intramolecular Hbond substituents is 1. The number of aromatic nitrogens is 2. The van der Waals surface area contributed by atoms with Crippen LogP contribution in [0.3, 0.4) is 0 Å². The first-order valence-electron chi connectivity index (χ1n) is 6.25. The topological polar surface area (TPSA) is 110 Å². The molecule has 0 radical (unpaired) electrons. The van der Waals surface area contributed by atoms with Crippen molar-refractivity contribution in [1.82, 2.24) is 9.78 Å². The number of hydrogen-bond acceptors (Lipinski definition) is 5. The number of hydrogen-bond donors (Lipinski definition) is 2. The minimum atomic E-state index is -0.602. The van der Waals surface area contributed by atoms with Crippen molar-refractivity contribution in [3.8, 4) is 5.75 Å². The van der Waals surface area contributed by atoms with Gasteiger partial charge in [-0.15, -0.1) is 0 Å². The van der Waals surface area contributed by atoms with Gasteiger partial charge in [-0.25, -0.2) is 0 Å². The highest BCUT2D eigenvalue weighted by Gasteiger charge is 2.17. The molecule has 0 unspecified atom stereocenters. The molecule has 0 atom stereocenters. The molecule has 1 amide bonds. The van der Waals surface area contributed by atoms with Crippen molar-refractivity contribution < 1.29 is 14.8 Å². The molecular weight excluding hydrogens is 276 g/mol. The van der Waals surface area contributed by atoms with Crippen LogP contribution in [0.4, 0.5) is 11.4 Å². The Labute approximate surface area is 120 Å². The maximum atomic E-state index is 12.2. The van der Waals surface area contributed by atoms with Crippen molar-refractivity contribution >= 4 is 17.3 Å². The zero-order valence-electron chi connectivity index (χ0n) is 11.5. The van der Waals surface area contributed by atoms with E-state index in [1.54, 1.807) is 11.6 Å². The molecule has 2 aromatic rings. The number of aromatic hydroxyl groups is 1. The number of nitrogens with one attached hydrogen (secondary N) is 1. The third kappa shape index (κ3) is 2.83. The number of benzene rings is 1. The molecule has 110 valence electrons. The van der Waals surface area contributed by atoms with Crippen LogP contribution < -0.4 is 5.32 Å². The summed E-state index contributed by atoms with van der Waals surface area (Å²) in [6.07, 6.45) is 1.42. The predicted octanol–water partition coefficient (Wildman–Crippen LogP) is 2.08. The highest BCUT2D eigenvalue weighted by molar-refractivity contribution is 6.05. The minimum Gasteiger partial charge on any atom is -0.506 e. The molecule has 0 aliphatic heterocycles. The van der Waals surface area contributed by atoms with E-state index in [2.05, 4.69) is 10.4 Å². The molecule has 2 rings (SSSR count). The second kappa shape index (κ2) is 5.61. The molecule has 0 aliphatic rings. The van der Waals surface area contributed by atoms with Gasteiger partial charge < -0.3 is 10.4 Å². The number of nitro benzene ring substituents is 1. The van der Waals surface area contributed by atoms with Crippen LogP contribution in [0.5, 0.6) is 5.75 Å². The van der Waals surface area contributed by atoms with Crippen molar-refractivity contribution in [2.24, 2.45) is 0 Å². The van der Waals surface area contributed by atoms with Crippen LogP contribution in [0.25, 0.3) is 0 Å². The number of aryl methyl sites for hydroxylation is 1. The summed E-state index contributed by atoms with van der Waals surface area (Å²) in [5, 5.41) is 26.9. The summed E-state index contributed by atoms with van der Waals surface area (Å²) in [5.41, 5.74) is 0.796. The Morgan fingerprint density at radius 1 is 1.52 bits per heavy atom. The van der Waals surface area contributed by atoms with Gasteiger partial charge in [0.15, 0.2) is 0 Å². The van der Waals surface area contributed by atoms with Crippen LogP contribution >= 0.6 is 0 Å². The normalized spacial score (nSPS) is 10.4. The zero-order valence-corrected chi connectivity index (χ0v) is 11.5. The molecule has 8 heteroatoms. The standard InChI is InChI=1S/C13H14N4O4/c1-3-16-8(2)10(7-14-16)13(19)15-11-6-9(17(20)21)4-5-12(11)18/h4-7,18H,3H2,1-2H3,(H,15,19). The van der Waals surface area contributed by atoms with E-state index >= 15 is 0 Å². The van der Waals surface area contributed by atoms with Gasteiger partial charge in [-0.1, -0.05) is 0 Å². The zero-order chi connectivity index (χ0) is 15.6. The van der Waals surface area contributed by atoms with E-state index in [9.17, 15) is 20.0 Å². The van der Waals surface area contributed by atoms with Crippen molar-refractivity contribution in [3.05, 3.63) is 45.8 Å². The van der Waals surface area contributed by atoms with Crippen molar-refractivity contribution in [2.75, 3.05) is 5.32 Å². The fourth-order valence-corrected chi connectivity index (χ4v) is 1.92. The van der Waals surface area contributed by atoms with E-state index in [0.717, 1.165) is 18.2 Å². The largest absolute Gasteiger partial charge is 0.506 e. The first-order chi connectivity index (χ1) is 9.93. The van der Waals surface area contributed by atoms with E-state index in [4.69, 9.17) is 0 Å². The summed E-state index contributed by atoms with van der Waals surface area (Å²) in [6.45, 7) is 4.27. The molecule has 1 aromatic heterocycles. The van der Waals surface area contributed by atoms with Crippen molar-refractivity contribution in [2.45, 2.75) is 20.4 Å². The van der Waals surface area contributed by atoms with Crippen LogP contribution in [-0.2, 0) is 6.54 Å². The monoisotopic (exact) mass is 290 g/mol. The quantitative estimate of drug-likeness (QED) is 0.509. The highest BCUT2D eigenvalue weighted by Crippen LogP contribution is 2.28. The molecule has 0 bridgehead atoms. The number of anilines is 1. The number of nitrogens with zero attached hydrogens (tertiary/aromatic N) is 3. The molecule has 8 nitrogen and oxygen atoms in total. The third-order valence-corrected chi connectivity index (χ3v) is 3.09. The average Bonchev–Trinajstić information content (AvgIpc) is 2.82. The summed E-state index contributed by atoms with van der Waals surface area (Å²) in [5.74, 6) is -0.725. The lowest BCUT2D eigenvalue weighted by Crippen LogP contribution is -2.13. The first kappa shape index (κ1) is 14.5. The molecule has 1 heterocycles. The Bertz CT molecular complexity index is 708. The molecule has 2 N–H and O–H groups in total. The number of rotatable bonds is 4. The van der Waals surface area contributed by atoms with Crippen molar-refractivity contribution in [3.63, 3.8) is 0 Å². The van der Waals surface area contributed by atoms with Gasteiger partial charge in [0.05, 0.1) is 22.4 Å². The Hall–Kier alpha value is -2.90. The van der Waals surface area contributed by atoms with E-state index in [0.29, 0.717) is 17.8 Å². The van der Waals surface area contributed by atoms with Gasteiger partial charge in [-0.2, -0.15) is 5.10 Å². The van der Waals surface area contributed by atoms with Crippen molar-refractivity contribution in [1.29, 1.82) is 0 Å². The molecule has 0 spiro atoms. The van der Waals surface area contributed by atoms with E-state index in [1.807, 2.05) is 6.92 Å². The van der Waals surface area contributed by atoms with Crippen LogP contribution in [0.15, 0.2) is 24.4 Å².